The number of hydrogen-bond acceptors (Lipinski definition) is 6. The molecule has 0 aliphatic carbocycles. The SMILES string of the molecule is CCOc1ccnc(NCCC(O)COC)n1. The Balaban J connectivity index is 2.33. The molecule has 0 radical (unpaired) electrons. The van der Waals surface area contributed by atoms with E-state index in [-0.39, 0.29) is 0 Å². The summed E-state index contributed by atoms with van der Waals surface area (Å²) in [5.41, 5.74) is 0. The zero-order chi connectivity index (χ0) is 12.5. The fourth-order valence-electron chi connectivity index (χ4n) is 1.28. The van der Waals surface area contributed by atoms with Crippen molar-refractivity contribution in [3.05, 3.63) is 12.3 Å². The quantitative estimate of drug-likeness (QED) is 0.697. The van der Waals surface area contributed by atoms with Gasteiger partial charge in [-0.25, -0.2) is 4.98 Å². The summed E-state index contributed by atoms with van der Waals surface area (Å²) in [5, 5.41) is 12.5. The van der Waals surface area contributed by atoms with E-state index in [1.54, 1.807) is 19.4 Å². The molecule has 6 heteroatoms. The number of anilines is 1. The largest absolute Gasteiger partial charge is 0.478 e. The van der Waals surface area contributed by atoms with Crippen molar-refractivity contribution < 1.29 is 14.6 Å². The summed E-state index contributed by atoms with van der Waals surface area (Å²) in [6.07, 6.45) is 1.74. The van der Waals surface area contributed by atoms with E-state index >= 15 is 0 Å². The van der Waals surface area contributed by atoms with E-state index in [0.717, 1.165) is 0 Å². The summed E-state index contributed by atoms with van der Waals surface area (Å²) < 4.78 is 10.1. The second kappa shape index (κ2) is 7.81. The molecule has 1 atom stereocenters. The normalized spacial score (nSPS) is 12.2. The second-order valence-electron chi connectivity index (χ2n) is 3.48. The highest BCUT2D eigenvalue weighted by Crippen LogP contribution is 2.08. The molecule has 1 rings (SSSR count). The van der Waals surface area contributed by atoms with Crippen molar-refractivity contribution in [2.75, 3.05) is 32.2 Å². The van der Waals surface area contributed by atoms with Crippen molar-refractivity contribution in [2.24, 2.45) is 0 Å². The first-order valence-corrected chi connectivity index (χ1v) is 5.63. The average molecular weight is 241 g/mol. The Morgan fingerprint density at radius 1 is 1.53 bits per heavy atom. The molecular weight excluding hydrogens is 222 g/mol. The van der Waals surface area contributed by atoms with Crippen molar-refractivity contribution in [2.45, 2.75) is 19.4 Å². The van der Waals surface area contributed by atoms with Gasteiger partial charge in [0.05, 0.1) is 19.3 Å². The van der Waals surface area contributed by atoms with Crippen LogP contribution in [0.15, 0.2) is 12.3 Å². The smallest absolute Gasteiger partial charge is 0.225 e. The van der Waals surface area contributed by atoms with Crippen LogP contribution in [0.3, 0.4) is 0 Å². The van der Waals surface area contributed by atoms with Crippen LogP contribution in [0.2, 0.25) is 0 Å². The Morgan fingerprint density at radius 2 is 2.35 bits per heavy atom. The highest BCUT2D eigenvalue weighted by atomic mass is 16.5. The van der Waals surface area contributed by atoms with Gasteiger partial charge in [0.15, 0.2) is 0 Å². The van der Waals surface area contributed by atoms with Gasteiger partial charge in [-0.05, 0) is 13.3 Å². The van der Waals surface area contributed by atoms with Crippen molar-refractivity contribution in [3.8, 4) is 5.88 Å². The van der Waals surface area contributed by atoms with Crippen LogP contribution in [-0.4, -0.2) is 48.0 Å². The summed E-state index contributed by atoms with van der Waals surface area (Å²) in [6, 6.07) is 1.70. The molecule has 0 saturated heterocycles. The Kier molecular flexibility index (Phi) is 6.27. The molecule has 2 N–H and O–H groups in total. The lowest BCUT2D eigenvalue weighted by Gasteiger charge is -2.10. The molecule has 1 unspecified atom stereocenters. The standard InChI is InChI=1S/C11H19N3O3/c1-3-17-10-5-7-13-11(14-10)12-6-4-9(15)8-16-2/h5,7,9,15H,3-4,6,8H2,1-2H3,(H,12,13,14). The Hall–Kier alpha value is -1.40. The third-order valence-electron chi connectivity index (χ3n) is 2.04. The van der Waals surface area contributed by atoms with Crippen molar-refractivity contribution in [1.82, 2.24) is 9.97 Å². The van der Waals surface area contributed by atoms with Crippen LogP contribution in [0, 0.1) is 0 Å². The van der Waals surface area contributed by atoms with Gasteiger partial charge in [-0.15, -0.1) is 0 Å². The number of hydrogen-bond donors (Lipinski definition) is 2. The first-order valence-electron chi connectivity index (χ1n) is 5.63. The van der Waals surface area contributed by atoms with Gasteiger partial charge >= 0.3 is 0 Å². The molecule has 1 heterocycles. The second-order valence-corrected chi connectivity index (χ2v) is 3.48. The summed E-state index contributed by atoms with van der Waals surface area (Å²) in [4.78, 5) is 8.20. The number of nitrogens with one attached hydrogen (secondary N) is 1. The minimum atomic E-state index is -0.470. The van der Waals surface area contributed by atoms with Gasteiger partial charge in [-0.1, -0.05) is 0 Å². The lowest BCUT2D eigenvalue weighted by Crippen LogP contribution is -2.19. The number of rotatable bonds is 8. The van der Waals surface area contributed by atoms with Crippen LogP contribution < -0.4 is 10.1 Å². The maximum atomic E-state index is 9.44. The molecule has 0 aliphatic heterocycles. The van der Waals surface area contributed by atoms with Crippen molar-refractivity contribution >= 4 is 5.95 Å². The number of aromatic nitrogens is 2. The third kappa shape index (κ3) is 5.46. The highest BCUT2D eigenvalue weighted by molar-refractivity contribution is 5.27. The summed E-state index contributed by atoms with van der Waals surface area (Å²) in [6.45, 7) is 3.39. The Labute approximate surface area is 101 Å². The molecule has 0 amide bonds. The molecule has 6 nitrogen and oxygen atoms in total. The van der Waals surface area contributed by atoms with E-state index in [4.69, 9.17) is 9.47 Å². The minimum Gasteiger partial charge on any atom is -0.478 e. The van der Waals surface area contributed by atoms with E-state index in [1.165, 1.54) is 0 Å². The predicted molar refractivity (Wildman–Crippen MR) is 64.2 cm³/mol. The van der Waals surface area contributed by atoms with Crippen molar-refractivity contribution in [1.29, 1.82) is 0 Å². The zero-order valence-corrected chi connectivity index (χ0v) is 10.2. The van der Waals surface area contributed by atoms with Gasteiger partial charge in [0.25, 0.3) is 0 Å². The van der Waals surface area contributed by atoms with Crippen LogP contribution in [0.1, 0.15) is 13.3 Å². The highest BCUT2D eigenvalue weighted by Gasteiger charge is 2.04. The molecule has 1 aromatic rings. The molecule has 96 valence electrons. The molecular formula is C11H19N3O3. The van der Waals surface area contributed by atoms with E-state index in [1.807, 2.05) is 6.92 Å². The molecule has 17 heavy (non-hydrogen) atoms. The van der Waals surface area contributed by atoms with Crippen LogP contribution in [-0.2, 0) is 4.74 Å². The third-order valence-corrected chi connectivity index (χ3v) is 2.04. The topological polar surface area (TPSA) is 76.5 Å². The van der Waals surface area contributed by atoms with Gasteiger partial charge in [0, 0.05) is 25.9 Å². The van der Waals surface area contributed by atoms with E-state index in [9.17, 15) is 5.11 Å². The molecule has 0 bridgehead atoms. The molecule has 1 aromatic heterocycles. The van der Waals surface area contributed by atoms with Crippen LogP contribution in [0.4, 0.5) is 5.95 Å². The van der Waals surface area contributed by atoms with Gasteiger partial charge in [0.1, 0.15) is 0 Å². The van der Waals surface area contributed by atoms with Crippen LogP contribution in [0.5, 0.6) is 5.88 Å². The Bertz CT molecular complexity index is 323. The Morgan fingerprint density at radius 3 is 3.06 bits per heavy atom. The van der Waals surface area contributed by atoms with Gasteiger partial charge in [-0.3, -0.25) is 0 Å². The molecule has 0 aromatic carbocycles. The number of nitrogens with zero attached hydrogens (tertiary/aromatic N) is 2. The zero-order valence-electron chi connectivity index (χ0n) is 10.2. The maximum absolute atomic E-state index is 9.44. The van der Waals surface area contributed by atoms with Crippen LogP contribution in [0.25, 0.3) is 0 Å². The molecule has 0 spiro atoms. The summed E-state index contributed by atoms with van der Waals surface area (Å²) >= 11 is 0. The van der Waals surface area contributed by atoms with Crippen LogP contribution >= 0.6 is 0 Å². The van der Waals surface area contributed by atoms with Gasteiger partial charge < -0.3 is 19.9 Å². The predicted octanol–water partition coefficient (Wildman–Crippen LogP) is 0.685. The summed E-state index contributed by atoms with van der Waals surface area (Å²) in [5.74, 6) is 1.04. The average Bonchev–Trinajstić information content (AvgIpc) is 2.30. The number of methoxy groups -OCH3 is 1. The summed E-state index contributed by atoms with van der Waals surface area (Å²) in [7, 11) is 1.56. The lowest BCUT2D eigenvalue weighted by atomic mass is 10.3. The fraction of sp³-hybridized carbons (Fsp3) is 0.636. The minimum absolute atomic E-state index is 0.335. The van der Waals surface area contributed by atoms with Gasteiger partial charge in [-0.2, -0.15) is 4.98 Å². The van der Waals surface area contributed by atoms with E-state index < -0.39 is 6.10 Å². The lowest BCUT2D eigenvalue weighted by molar-refractivity contribution is 0.0615. The first kappa shape index (κ1) is 13.7. The van der Waals surface area contributed by atoms with E-state index in [0.29, 0.717) is 38.0 Å². The fourth-order valence-corrected chi connectivity index (χ4v) is 1.28. The molecule has 0 aliphatic rings. The maximum Gasteiger partial charge on any atom is 0.225 e. The van der Waals surface area contributed by atoms with Crippen molar-refractivity contribution in [3.63, 3.8) is 0 Å². The monoisotopic (exact) mass is 241 g/mol. The molecule has 0 fully saturated rings. The van der Waals surface area contributed by atoms with Gasteiger partial charge in [0.2, 0.25) is 11.8 Å². The first-order chi connectivity index (χ1) is 8.26. The van der Waals surface area contributed by atoms with E-state index in [2.05, 4.69) is 15.3 Å². The molecule has 0 saturated carbocycles. The number of aliphatic hydroxyl groups is 1. The number of aliphatic hydroxyl groups excluding tert-OH is 1. The number of ether oxygens (including phenoxy) is 2.